The number of hydrogen-bond acceptors (Lipinski definition) is 2. The van der Waals surface area contributed by atoms with Gasteiger partial charge in [-0.15, -0.1) is 0 Å². The molecule has 0 aromatic heterocycles. The second-order valence-electron chi connectivity index (χ2n) is 5.34. The van der Waals surface area contributed by atoms with E-state index in [2.05, 4.69) is 50.2 Å². The second-order valence-corrected chi connectivity index (χ2v) is 5.34. The van der Waals surface area contributed by atoms with Gasteiger partial charge in [0.15, 0.2) is 0 Å². The van der Waals surface area contributed by atoms with Gasteiger partial charge in [0.2, 0.25) is 0 Å². The Kier molecular flexibility index (Phi) is 4.58. The van der Waals surface area contributed by atoms with E-state index in [4.69, 9.17) is 10.5 Å². The maximum atomic E-state index is 6.36. The van der Waals surface area contributed by atoms with E-state index in [9.17, 15) is 0 Å². The van der Waals surface area contributed by atoms with Crippen LogP contribution >= 0.6 is 0 Å². The van der Waals surface area contributed by atoms with Crippen LogP contribution in [0.1, 0.15) is 31.9 Å². The topological polar surface area (TPSA) is 35.2 Å². The highest BCUT2D eigenvalue weighted by atomic mass is 16.5. The first-order chi connectivity index (χ1) is 9.60. The summed E-state index contributed by atoms with van der Waals surface area (Å²) in [6.45, 7) is 4.16. The molecule has 2 aromatic rings. The first kappa shape index (κ1) is 14.8. The standard InChI is InChI=1S/C18H23NO/c1-4-18(2,20-3)17(19)16-12-10-15(11-13-16)14-8-6-5-7-9-14/h5-13,17H,4,19H2,1-3H3. The van der Waals surface area contributed by atoms with Gasteiger partial charge in [0.05, 0.1) is 11.6 Å². The molecule has 0 aliphatic rings. The van der Waals surface area contributed by atoms with Crippen LogP contribution in [0.25, 0.3) is 11.1 Å². The minimum Gasteiger partial charge on any atom is -0.377 e. The molecule has 0 heterocycles. The van der Waals surface area contributed by atoms with Gasteiger partial charge in [-0.05, 0) is 30.0 Å². The Labute approximate surface area is 121 Å². The van der Waals surface area contributed by atoms with Gasteiger partial charge in [0, 0.05) is 7.11 Å². The fourth-order valence-corrected chi connectivity index (χ4v) is 2.36. The molecule has 0 radical (unpaired) electrons. The number of benzene rings is 2. The summed E-state index contributed by atoms with van der Waals surface area (Å²) < 4.78 is 5.59. The van der Waals surface area contributed by atoms with Crippen molar-refractivity contribution in [3.05, 3.63) is 60.2 Å². The lowest BCUT2D eigenvalue weighted by Gasteiger charge is -2.33. The van der Waals surface area contributed by atoms with Crippen LogP contribution in [0.5, 0.6) is 0 Å². The second kappa shape index (κ2) is 6.21. The van der Waals surface area contributed by atoms with Gasteiger partial charge in [-0.1, -0.05) is 61.5 Å². The lowest BCUT2D eigenvalue weighted by Crippen LogP contribution is -2.39. The van der Waals surface area contributed by atoms with Crippen LogP contribution in [0.2, 0.25) is 0 Å². The molecular formula is C18H23NO. The maximum Gasteiger partial charge on any atom is 0.0839 e. The average molecular weight is 269 g/mol. The minimum atomic E-state index is -0.325. The third-order valence-corrected chi connectivity index (χ3v) is 4.20. The van der Waals surface area contributed by atoms with E-state index >= 15 is 0 Å². The third-order valence-electron chi connectivity index (χ3n) is 4.20. The maximum absolute atomic E-state index is 6.36. The van der Waals surface area contributed by atoms with Gasteiger partial charge in [-0.2, -0.15) is 0 Å². The number of nitrogens with two attached hydrogens (primary N) is 1. The van der Waals surface area contributed by atoms with E-state index in [1.807, 2.05) is 18.2 Å². The van der Waals surface area contributed by atoms with Crippen molar-refractivity contribution in [3.8, 4) is 11.1 Å². The summed E-state index contributed by atoms with van der Waals surface area (Å²) in [4.78, 5) is 0. The monoisotopic (exact) mass is 269 g/mol. The molecule has 2 aromatic carbocycles. The lowest BCUT2D eigenvalue weighted by atomic mass is 9.88. The number of rotatable bonds is 5. The zero-order valence-corrected chi connectivity index (χ0v) is 12.5. The molecule has 2 unspecified atom stereocenters. The highest BCUT2D eigenvalue weighted by Crippen LogP contribution is 2.30. The van der Waals surface area contributed by atoms with Crippen molar-refractivity contribution in [3.63, 3.8) is 0 Å². The molecule has 0 aliphatic heterocycles. The van der Waals surface area contributed by atoms with Crippen molar-refractivity contribution >= 4 is 0 Å². The van der Waals surface area contributed by atoms with E-state index in [-0.39, 0.29) is 11.6 Å². The molecule has 2 heteroatoms. The summed E-state index contributed by atoms with van der Waals surface area (Å²) in [5.41, 5.74) is 9.57. The Balaban J connectivity index is 2.25. The average Bonchev–Trinajstić information content (AvgIpc) is 2.54. The van der Waals surface area contributed by atoms with Gasteiger partial charge in [0.25, 0.3) is 0 Å². The molecule has 2 rings (SSSR count). The normalized spacial score (nSPS) is 15.6. The highest BCUT2D eigenvalue weighted by Gasteiger charge is 2.30. The van der Waals surface area contributed by atoms with Gasteiger partial charge in [-0.3, -0.25) is 0 Å². The molecule has 0 amide bonds. The number of ether oxygens (including phenoxy) is 1. The Morgan fingerprint density at radius 1 is 1.00 bits per heavy atom. The van der Waals surface area contributed by atoms with Gasteiger partial charge >= 0.3 is 0 Å². The Morgan fingerprint density at radius 2 is 1.55 bits per heavy atom. The summed E-state index contributed by atoms with van der Waals surface area (Å²) >= 11 is 0. The molecule has 0 bridgehead atoms. The smallest absolute Gasteiger partial charge is 0.0839 e. The van der Waals surface area contributed by atoms with Crippen molar-refractivity contribution in [2.75, 3.05) is 7.11 Å². The Hall–Kier alpha value is -1.64. The number of hydrogen-bond donors (Lipinski definition) is 1. The molecule has 0 saturated heterocycles. The summed E-state index contributed by atoms with van der Waals surface area (Å²) in [5.74, 6) is 0. The lowest BCUT2D eigenvalue weighted by molar-refractivity contribution is -0.0194. The van der Waals surface area contributed by atoms with E-state index in [1.165, 1.54) is 11.1 Å². The van der Waals surface area contributed by atoms with Gasteiger partial charge in [-0.25, -0.2) is 0 Å². The van der Waals surface area contributed by atoms with Crippen molar-refractivity contribution in [2.45, 2.75) is 31.9 Å². The molecule has 20 heavy (non-hydrogen) atoms. The fraction of sp³-hybridized carbons (Fsp3) is 0.333. The zero-order chi connectivity index (χ0) is 14.6. The summed E-state index contributed by atoms with van der Waals surface area (Å²) in [6.07, 6.45) is 0.880. The first-order valence-electron chi connectivity index (χ1n) is 7.07. The largest absolute Gasteiger partial charge is 0.377 e. The van der Waals surface area contributed by atoms with Crippen LogP contribution in [0.15, 0.2) is 54.6 Å². The van der Waals surface area contributed by atoms with Crippen molar-refractivity contribution < 1.29 is 4.74 Å². The van der Waals surface area contributed by atoms with E-state index < -0.39 is 0 Å². The van der Waals surface area contributed by atoms with E-state index in [0.717, 1.165) is 12.0 Å². The third kappa shape index (κ3) is 2.92. The molecule has 2 nitrogen and oxygen atoms in total. The first-order valence-corrected chi connectivity index (χ1v) is 7.07. The molecular weight excluding hydrogens is 246 g/mol. The van der Waals surface area contributed by atoms with Gasteiger partial charge in [0.1, 0.15) is 0 Å². The molecule has 2 atom stereocenters. The Morgan fingerprint density at radius 3 is 2.05 bits per heavy atom. The van der Waals surface area contributed by atoms with Crippen molar-refractivity contribution in [2.24, 2.45) is 5.73 Å². The highest BCUT2D eigenvalue weighted by molar-refractivity contribution is 5.63. The molecule has 0 saturated carbocycles. The molecule has 0 spiro atoms. The molecule has 106 valence electrons. The van der Waals surface area contributed by atoms with Crippen molar-refractivity contribution in [1.29, 1.82) is 0 Å². The quantitative estimate of drug-likeness (QED) is 0.884. The van der Waals surface area contributed by atoms with Crippen LogP contribution in [0, 0.1) is 0 Å². The Bertz CT molecular complexity index is 529. The van der Waals surface area contributed by atoms with E-state index in [1.54, 1.807) is 7.11 Å². The summed E-state index contributed by atoms with van der Waals surface area (Å²) in [5, 5.41) is 0. The SMILES string of the molecule is CCC(C)(OC)C(N)c1ccc(-c2ccccc2)cc1. The fourth-order valence-electron chi connectivity index (χ4n) is 2.36. The van der Waals surface area contributed by atoms with Gasteiger partial charge < -0.3 is 10.5 Å². The van der Waals surface area contributed by atoms with Crippen LogP contribution < -0.4 is 5.73 Å². The summed E-state index contributed by atoms with van der Waals surface area (Å²) in [7, 11) is 1.72. The minimum absolute atomic E-state index is 0.123. The van der Waals surface area contributed by atoms with Crippen LogP contribution in [-0.4, -0.2) is 12.7 Å². The van der Waals surface area contributed by atoms with Crippen LogP contribution in [0.3, 0.4) is 0 Å². The zero-order valence-electron chi connectivity index (χ0n) is 12.5. The van der Waals surface area contributed by atoms with Crippen molar-refractivity contribution in [1.82, 2.24) is 0 Å². The summed E-state index contributed by atoms with van der Waals surface area (Å²) in [6, 6.07) is 18.7. The molecule has 0 fully saturated rings. The van der Waals surface area contributed by atoms with Crippen LogP contribution in [-0.2, 0) is 4.74 Å². The molecule has 2 N–H and O–H groups in total. The molecule has 0 aliphatic carbocycles. The van der Waals surface area contributed by atoms with E-state index in [0.29, 0.717) is 0 Å². The predicted octanol–water partition coefficient (Wildman–Crippen LogP) is 4.17. The number of methoxy groups -OCH3 is 1. The van der Waals surface area contributed by atoms with Crippen LogP contribution in [0.4, 0.5) is 0 Å². The predicted molar refractivity (Wildman–Crippen MR) is 84.5 cm³/mol.